The van der Waals surface area contributed by atoms with Gasteiger partial charge in [0.1, 0.15) is 5.16 Å². The van der Waals surface area contributed by atoms with E-state index in [0.29, 0.717) is 11.1 Å². The minimum atomic E-state index is -4.54. The quantitative estimate of drug-likeness (QED) is 0.569. The summed E-state index contributed by atoms with van der Waals surface area (Å²) in [5.41, 5.74) is 1.15. The predicted molar refractivity (Wildman–Crippen MR) is 79.6 cm³/mol. The van der Waals surface area contributed by atoms with Gasteiger partial charge in [-0.2, -0.15) is 0 Å². The maximum atomic E-state index is 11.9. The first-order chi connectivity index (χ1) is 9.50. The van der Waals surface area contributed by atoms with Gasteiger partial charge in [-0.15, -0.1) is 0 Å². The molecule has 0 bridgehead atoms. The van der Waals surface area contributed by atoms with Gasteiger partial charge < -0.3 is 19.6 Å². The smallest absolute Gasteiger partial charge is 0.338 e. The van der Waals surface area contributed by atoms with Crippen LogP contribution in [0.25, 0.3) is 6.08 Å². The number of phenolic OH excluding ortho intramolecular Hbond substituents is 1. The Balaban J connectivity index is 3.10. The summed E-state index contributed by atoms with van der Waals surface area (Å²) in [5, 5.41) is 7.94. The second-order valence-corrected chi connectivity index (χ2v) is 7.40. The maximum Gasteiger partial charge on any atom is 0.338 e. The number of ether oxygens (including phenoxy) is 1. The van der Waals surface area contributed by atoms with Gasteiger partial charge in [0.05, 0.1) is 7.11 Å². The molecular formula is C14H19O6P. The molecule has 7 heteroatoms. The number of hydrogen-bond donors (Lipinski definition) is 3. The van der Waals surface area contributed by atoms with Crippen LogP contribution in [0.4, 0.5) is 0 Å². The van der Waals surface area contributed by atoms with Crippen LogP contribution in [-0.2, 0) is 9.36 Å². The number of benzene rings is 1. The topological polar surface area (TPSA) is 104 Å². The molecule has 0 atom stereocenters. The molecule has 0 fully saturated rings. The van der Waals surface area contributed by atoms with Gasteiger partial charge in [0.2, 0.25) is 0 Å². The lowest BCUT2D eigenvalue weighted by atomic mass is 10.0. The first kappa shape index (κ1) is 17.4. The van der Waals surface area contributed by atoms with Crippen molar-refractivity contribution in [3.63, 3.8) is 0 Å². The predicted octanol–water partition coefficient (Wildman–Crippen LogP) is 2.25. The molecule has 3 N–H and O–H groups in total. The monoisotopic (exact) mass is 314 g/mol. The molecule has 116 valence electrons. The van der Waals surface area contributed by atoms with Crippen LogP contribution >= 0.6 is 7.60 Å². The molecule has 0 unspecified atom stereocenters. The Morgan fingerprint density at radius 2 is 1.90 bits per heavy atom. The number of rotatable bonds is 5. The zero-order valence-corrected chi connectivity index (χ0v) is 13.2. The Bertz CT molecular complexity index is 627. The van der Waals surface area contributed by atoms with Crippen LogP contribution in [0.15, 0.2) is 18.2 Å². The fourth-order valence-corrected chi connectivity index (χ4v) is 1.91. The van der Waals surface area contributed by atoms with Crippen LogP contribution < -0.4 is 4.74 Å². The van der Waals surface area contributed by atoms with E-state index in [1.165, 1.54) is 33.1 Å². The van der Waals surface area contributed by atoms with Gasteiger partial charge in [-0.1, -0.05) is 6.08 Å². The molecule has 0 heterocycles. The van der Waals surface area contributed by atoms with Crippen molar-refractivity contribution in [3.8, 4) is 11.5 Å². The van der Waals surface area contributed by atoms with E-state index in [1.54, 1.807) is 13.0 Å². The highest BCUT2D eigenvalue weighted by atomic mass is 31.2. The summed E-state index contributed by atoms with van der Waals surface area (Å²) in [4.78, 5) is 30.3. The van der Waals surface area contributed by atoms with Crippen molar-refractivity contribution in [2.24, 2.45) is 0 Å². The summed E-state index contributed by atoms with van der Waals surface area (Å²) in [6.45, 7) is 4.07. The van der Waals surface area contributed by atoms with E-state index in [4.69, 9.17) is 4.74 Å². The van der Waals surface area contributed by atoms with Crippen LogP contribution in [0.1, 0.15) is 25.0 Å². The molecule has 6 nitrogen and oxygen atoms in total. The van der Waals surface area contributed by atoms with E-state index >= 15 is 0 Å². The van der Waals surface area contributed by atoms with Crippen molar-refractivity contribution in [1.82, 2.24) is 0 Å². The molecule has 1 aromatic carbocycles. The Kier molecular flexibility index (Phi) is 4.99. The second-order valence-electron chi connectivity index (χ2n) is 5.19. The van der Waals surface area contributed by atoms with E-state index in [1.807, 2.05) is 0 Å². The summed E-state index contributed by atoms with van der Waals surface area (Å²) in [6, 6.07) is 3.16. The van der Waals surface area contributed by atoms with Crippen LogP contribution in [0.3, 0.4) is 0 Å². The summed E-state index contributed by atoms with van der Waals surface area (Å²) in [7, 11) is -3.14. The van der Waals surface area contributed by atoms with Gasteiger partial charge in [0, 0.05) is 0 Å². The molecule has 0 amide bonds. The van der Waals surface area contributed by atoms with Gasteiger partial charge in [-0.3, -0.25) is 9.36 Å². The Labute approximate surface area is 123 Å². The third-order valence-electron chi connectivity index (χ3n) is 3.27. The summed E-state index contributed by atoms with van der Waals surface area (Å²) in [6.07, 6.45) is 2.54. The van der Waals surface area contributed by atoms with Gasteiger partial charge >= 0.3 is 7.60 Å². The van der Waals surface area contributed by atoms with E-state index in [9.17, 15) is 24.3 Å². The van der Waals surface area contributed by atoms with Crippen molar-refractivity contribution in [2.75, 3.05) is 7.11 Å². The molecule has 0 saturated heterocycles. The fraction of sp³-hybridized carbons (Fsp3) is 0.357. The van der Waals surface area contributed by atoms with E-state index < -0.39 is 18.5 Å². The van der Waals surface area contributed by atoms with Crippen molar-refractivity contribution in [3.05, 3.63) is 29.3 Å². The number of phenols is 1. The number of aromatic hydroxyl groups is 1. The summed E-state index contributed by atoms with van der Waals surface area (Å²) in [5.74, 6) is -0.409. The largest absolute Gasteiger partial charge is 0.504 e. The molecule has 0 saturated carbocycles. The van der Waals surface area contributed by atoms with Crippen molar-refractivity contribution in [2.45, 2.75) is 25.9 Å². The summed E-state index contributed by atoms with van der Waals surface area (Å²) >= 11 is 0. The maximum absolute atomic E-state index is 11.9. The van der Waals surface area contributed by atoms with E-state index in [-0.39, 0.29) is 11.5 Å². The number of aryl methyl sites for hydroxylation is 1. The SMILES string of the molecule is COc1cc(C=CC(=O)C(C)(C)P(=O)(O)O)cc(C)c1O. The van der Waals surface area contributed by atoms with Crippen molar-refractivity contribution >= 4 is 19.5 Å². The molecule has 0 radical (unpaired) electrons. The first-order valence-corrected chi connectivity index (χ1v) is 7.77. The van der Waals surface area contributed by atoms with Crippen LogP contribution in [0.2, 0.25) is 0 Å². The standard InChI is InChI=1S/C14H19O6P/c1-9-7-10(8-11(20-4)13(9)16)5-6-12(15)14(2,3)21(17,18)19/h5-8,16H,1-4H3,(H2,17,18,19). The Hall–Kier alpha value is -1.62. The molecule has 0 aliphatic rings. The average Bonchev–Trinajstić information content (AvgIpc) is 2.38. The average molecular weight is 314 g/mol. The number of ketones is 1. The highest BCUT2D eigenvalue weighted by Crippen LogP contribution is 2.50. The Morgan fingerprint density at radius 3 is 2.38 bits per heavy atom. The van der Waals surface area contributed by atoms with Crippen molar-refractivity contribution < 1.29 is 29.0 Å². The molecule has 1 rings (SSSR count). The minimum Gasteiger partial charge on any atom is -0.504 e. The zero-order valence-electron chi connectivity index (χ0n) is 12.3. The van der Waals surface area contributed by atoms with Gasteiger partial charge in [0.15, 0.2) is 17.3 Å². The highest BCUT2D eigenvalue weighted by molar-refractivity contribution is 7.54. The molecule has 21 heavy (non-hydrogen) atoms. The van der Waals surface area contributed by atoms with E-state index in [2.05, 4.69) is 0 Å². The fourth-order valence-electron chi connectivity index (χ4n) is 1.55. The number of methoxy groups -OCH3 is 1. The number of carbonyl (C=O) groups is 1. The lowest BCUT2D eigenvalue weighted by molar-refractivity contribution is -0.116. The third kappa shape index (κ3) is 3.73. The normalized spacial score (nSPS) is 12.7. The number of allylic oxidation sites excluding steroid dienone is 1. The third-order valence-corrected chi connectivity index (χ3v) is 4.94. The number of carbonyl (C=O) groups excluding carboxylic acids is 1. The van der Waals surface area contributed by atoms with Crippen LogP contribution in [0.5, 0.6) is 11.5 Å². The Morgan fingerprint density at radius 1 is 1.33 bits per heavy atom. The van der Waals surface area contributed by atoms with Gasteiger partial charge in [-0.25, -0.2) is 0 Å². The molecule has 0 aliphatic heterocycles. The molecule has 0 aliphatic carbocycles. The second kappa shape index (κ2) is 6.02. The molecule has 1 aromatic rings. The number of hydrogen-bond acceptors (Lipinski definition) is 4. The molecule has 0 aromatic heterocycles. The van der Waals surface area contributed by atoms with Crippen LogP contribution in [0, 0.1) is 6.92 Å². The van der Waals surface area contributed by atoms with Crippen LogP contribution in [-0.4, -0.2) is 32.9 Å². The van der Waals surface area contributed by atoms with Crippen molar-refractivity contribution in [1.29, 1.82) is 0 Å². The zero-order chi connectivity index (χ0) is 16.4. The highest BCUT2D eigenvalue weighted by Gasteiger charge is 2.43. The van der Waals surface area contributed by atoms with Gasteiger partial charge in [-0.05, 0) is 50.1 Å². The lowest BCUT2D eigenvalue weighted by Crippen LogP contribution is -2.29. The summed E-state index contributed by atoms with van der Waals surface area (Å²) < 4.78 is 16.3. The van der Waals surface area contributed by atoms with E-state index in [0.717, 1.165) is 6.08 Å². The first-order valence-electron chi connectivity index (χ1n) is 6.16. The minimum absolute atomic E-state index is 0.0107. The lowest BCUT2D eigenvalue weighted by Gasteiger charge is -2.22. The molecular weight excluding hydrogens is 295 g/mol. The molecule has 0 spiro atoms. The van der Waals surface area contributed by atoms with Gasteiger partial charge in [0.25, 0.3) is 0 Å².